The van der Waals surface area contributed by atoms with Gasteiger partial charge in [0.2, 0.25) is 21.8 Å². The van der Waals surface area contributed by atoms with Crippen LogP contribution in [0.5, 0.6) is 0 Å². The molecule has 0 bridgehead atoms. The first-order valence-corrected chi connectivity index (χ1v) is 13.4. The Labute approximate surface area is 197 Å². The van der Waals surface area contributed by atoms with Gasteiger partial charge in [0, 0.05) is 23.2 Å². The molecule has 0 saturated carbocycles. The van der Waals surface area contributed by atoms with Crippen molar-refractivity contribution >= 4 is 25.9 Å². The second-order valence-electron chi connectivity index (χ2n) is 7.63. The first-order chi connectivity index (χ1) is 16.0. The molecule has 34 heavy (non-hydrogen) atoms. The number of aromatic nitrogens is 2. The molecular weight excluding hydrogens is 480 g/mol. The molecular formula is C22H22N4O6S2. The van der Waals surface area contributed by atoms with Crippen molar-refractivity contribution in [3.8, 4) is 22.6 Å². The van der Waals surface area contributed by atoms with E-state index in [-0.39, 0.29) is 17.3 Å². The van der Waals surface area contributed by atoms with Crippen LogP contribution < -0.4 is 9.44 Å². The first kappa shape index (κ1) is 23.7. The predicted octanol–water partition coefficient (Wildman–Crippen LogP) is 3.46. The molecule has 0 radical (unpaired) electrons. The van der Waals surface area contributed by atoms with Gasteiger partial charge >= 0.3 is 0 Å². The lowest BCUT2D eigenvalue weighted by molar-refractivity contribution is 0.430. The summed E-state index contributed by atoms with van der Waals surface area (Å²) in [6, 6.07) is 11.6. The number of sulfonamides is 2. The number of nitrogens with zero attached hydrogens (tertiary/aromatic N) is 2. The molecule has 178 valence electrons. The van der Waals surface area contributed by atoms with E-state index in [9.17, 15) is 16.8 Å². The first-order valence-electron chi connectivity index (χ1n) is 10.1. The number of nitrogens with one attached hydrogen (secondary N) is 2. The van der Waals surface area contributed by atoms with E-state index in [1.54, 1.807) is 50.2 Å². The van der Waals surface area contributed by atoms with E-state index >= 15 is 0 Å². The van der Waals surface area contributed by atoms with Crippen molar-refractivity contribution in [2.75, 3.05) is 11.0 Å². The van der Waals surface area contributed by atoms with Crippen molar-refractivity contribution in [2.45, 2.75) is 25.3 Å². The monoisotopic (exact) mass is 502 g/mol. The summed E-state index contributed by atoms with van der Waals surface area (Å²) in [7, 11) is -7.58. The van der Waals surface area contributed by atoms with Crippen LogP contribution in [0.25, 0.3) is 22.6 Å². The van der Waals surface area contributed by atoms with Gasteiger partial charge in [0.05, 0.1) is 23.0 Å². The molecule has 0 fully saturated rings. The molecule has 0 aliphatic heterocycles. The Bertz CT molecular complexity index is 1540. The SMILES string of the molecule is Cc1noc(NS(=O)(=O)c2ccccc2-c2ccc(-c3ncco3)cc2CNS(C)(=O)=O)c1C. The number of oxazole rings is 1. The number of hydrogen-bond donors (Lipinski definition) is 2. The summed E-state index contributed by atoms with van der Waals surface area (Å²) in [4.78, 5) is 4.12. The van der Waals surface area contributed by atoms with E-state index in [0.717, 1.165) is 6.26 Å². The Balaban J connectivity index is 1.82. The molecule has 0 aliphatic carbocycles. The van der Waals surface area contributed by atoms with Crippen molar-refractivity contribution in [3.63, 3.8) is 0 Å². The number of anilines is 1. The summed E-state index contributed by atoms with van der Waals surface area (Å²) in [5.41, 5.74) is 3.21. The van der Waals surface area contributed by atoms with E-state index in [4.69, 9.17) is 8.94 Å². The third kappa shape index (κ3) is 5.03. The van der Waals surface area contributed by atoms with Crippen molar-refractivity contribution in [2.24, 2.45) is 0 Å². The number of hydrogen-bond acceptors (Lipinski definition) is 8. The standard InChI is InChI=1S/C22H22N4O6S2/c1-14-15(2)25-32-21(14)26-34(29,30)20-7-5-4-6-19(20)18-9-8-16(22-23-10-11-31-22)12-17(18)13-24-33(3,27)28/h4-12,24,26H,13H2,1-3H3. The molecule has 2 aromatic carbocycles. The Kier molecular flexibility index (Phi) is 6.30. The second-order valence-corrected chi connectivity index (χ2v) is 11.1. The van der Waals surface area contributed by atoms with Gasteiger partial charge in [-0.3, -0.25) is 0 Å². The van der Waals surface area contributed by atoms with Gasteiger partial charge in [-0.15, -0.1) is 0 Å². The Morgan fingerprint density at radius 2 is 1.76 bits per heavy atom. The lowest BCUT2D eigenvalue weighted by atomic mass is 9.97. The summed E-state index contributed by atoms with van der Waals surface area (Å²) in [6.07, 6.45) is 3.98. The highest BCUT2D eigenvalue weighted by molar-refractivity contribution is 7.92. The number of aryl methyl sites for hydroxylation is 1. The summed E-state index contributed by atoms with van der Waals surface area (Å²) in [6.45, 7) is 3.35. The summed E-state index contributed by atoms with van der Waals surface area (Å²) >= 11 is 0. The second kappa shape index (κ2) is 9.05. The molecule has 4 rings (SSSR count). The van der Waals surface area contributed by atoms with Crippen LogP contribution in [0.4, 0.5) is 5.88 Å². The third-order valence-electron chi connectivity index (χ3n) is 5.16. The highest BCUT2D eigenvalue weighted by Gasteiger charge is 2.24. The van der Waals surface area contributed by atoms with Crippen molar-refractivity contribution in [1.29, 1.82) is 0 Å². The van der Waals surface area contributed by atoms with Crippen LogP contribution in [0, 0.1) is 13.8 Å². The summed E-state index contributed by atoms with van der Waals surface area (Å²) in [5, 5.41) is 3.79. The quantitative estimate of drug-likeness (QED) is 0.373. The fourth-order valence-corrected chi connectivity index (χ4v) is 5.01. The molecule has 0 spiro atoms. The van der Waals surface area contributed by atoms with E-state index in [1.165, 1.54) is 18.5 Å². The van der Waals surface area contributed by atoms with E-state index < -0.39 is 20.0 Å². The summed E-state index contributed by atoms with van der Waals surface area (Å²) < 4.78 is 65.5. The maximum absolute atomic E-state index is 13.3. The Hall–Kier alpha value is -3.48. The molecule has 0 saturated heterocycles. The molecule has 0 amide bonds. The van der Waals surface area contributed by atoms with Gasteiger partial charge in [-0.05, 0) is 43.2 Å². The highest BCUT2D eigenvalue weighted by atomic mass is 32.2. The minimum Gasteiger partial charge on any atom is -0.445 e. The van der Waals surface area contributed by atoms with Crippen LogP contribution in [-0.4, -0.2) is 33.2 Å². The molecule has 12 heteroatoms. The van der Waals surface area contributed by atoms with Crippen LogP contribution in [0.3, 0.4) is 0 Å². The highest BCUT2D eigenvalue weighted by Crippen LogP contribution is 2.34. The number of rotatable bonds is 8. The average molecular weight is 503 g/mol. The molecule has 4 aromatic rings. The maximum atomic E-state index is 13.3. The van der Waals surface area contributed by atoms with Crippen LogP contribution in [0.1, 0.15) is 16.8 Å². The zero-order valence-corrected chi connectivity index (χ0v) is 20.2. The lowest BCUT2D eigenvalue weighted by Crippen LogP contribution is -2.22. The largest absolute Gasteiger partial charge is 0.445 e. The van der Waals surface area contributed by atoms with Crippen LogP contribution in [0.2, 0.25) is 0 Å². The van der Waals surface area contributed by atoms with E-state index in [2.05, 4.69) is 19.6 Å². The van der Waals surface area contributed by atoms with Crippen LogP contribution in [-0.2, 0) is 26.6 Å². The predicted molar refractivity (Wildman–Crippen MR) is 126 cm³/mol. The average Bonchev–Trinajstić information content (AvgIpc) is 3.43. The van der Waals surface area contributed by atoms with Crippen molar-refractivity contribution < 1.29 is 25.8 Å². The van der Waals surface area contributed by atoms with Crippen molar-refractivity contribution in [1.82, 2.24) is 14.9 Å². The Morgan fingerprint density at radius 3 is 2.41 bits per heavy atom. The fourth-order valence-electron chi connectivity index (χ4n) is 3.32. The normalized spacial score (nSPS) is 12.1. The Morgan fingerprint density at radius 1 is 1.00 bits per heavy atom. The molecule has 2 heterocycles. The van der Waals surface area contributed by atoms with Gasteiger partial charge in [0.15, 0.2) is 0 Å². The molecule has 2 N–H and O–H groups in total. The number of benzene rings is 2. The zero-order valence-electron chi connectivity index (χ0n) is 18.6. The van der Waals surface area contributed by atoms with Gasteiger partial charge in [0.1, 0.15) is 6.26 Å². The minimum absolute atomic E-state index is 0.00654. The minimum atomic E-state index is -4.07. The fraction of sp³-hybridized carbons (Fsp3) is 0.182. The van der Waals surface area contributed by atoms with Gasteiger partial charge < -0.3 is 8.94 Å². The van der Waals surface area contributed by atoms with E-state index in [0.29, 0.717) is 39.4 Å². The molecule has 2 aromatic heterocycles. The maximum Gasteiger partial charge on any atom is 0.264 e. The molecule has 0 unspecified atom stereocenters. The van der Waals surface area contributed by atoms with Gasteiger partial charge in [-0.2, -0.15) is 0 Å². The molecule has 0 atom stereocenters. The lowest BCUT2D eigenvalue weighted by Gasteiger charge is -2.16. The summed E-state index contributed by atoms with van der Waals surface area (Å²) in [5.74, 6) is 0.386. The van der Waals surface area contributed by atoms with Gasteiger partial charge in [0.25, 0.3) is 10.0 Å². The van der Waals surface area contributed by atoms with Crippen LogP contribution in [0.15, 0.2) is 68.8 Å². The topological polar surface area (TPSA) is 144 Å². The van der Waals surface area contributed by atoms with Gasteiger partial charge in [-0.1, -0.05) is 29.4 Å². The van der Waals surface area contributed by atoms with Gasteiger partial charge in [-0.25, -0.2) is 31.3 Å². The smallest absolute Gasteiger partial charge is 0.264 e. The van der Waals surface area contributed by atoms with Crippen LogP contribution >= 0.6 is 0 Å². The molecule has 10 nitrogen and oxygen atoms in total. The van der Waals surface area contributed by atoms with Crippen molar-refractivity contribution in [3.05, 3.63) is 71.7 Å². The molecule has 0 aliphatic rings. The third-order valence-corrected chi connectivity index (χ3v) is 7.22. The van der Waals surface area contributed by atoms with E-state index in [1.807, 2.05) is 0 Å². The zero-order chi connectivity index (χ0) is 24.5.